The van der Waals surface area contributed by atoms with Crippen LogP contribution in [0.3, 0.4) is 0 Å². The van der Waals surface area contributed by atoms with Crippen molar-refractivity contribution in [2.24, 2.45) is 0 Å². The quantitative estimate of drug-likeness (QED) is 0.589. The molecule has 3 heterocycles. The van der Waals surface area contributed by atoms with Crippen LogP contribution in [0, 0.1) is 0 Å². The maximum absolute atomic E-state index is 6.08. The minimum Gasteiger partial charge on any atom is -0.438 e. The largest absolute Gasteiger partial charge is 0.438 e. The molecule has 0 aliphatic rings. The van der Waals surface area contributed by atoms with E-state index in [0.29, 0.717) is 27.6 Å². The van der Waals surface area contributed by atoms with E-state index in [1.165, 1.54) is 24.2 Å². The van der Waals surface area contributed by atoms with Gasteiger partial charge in [0, 0.05) is 23.1 Å². The summed E-state index contributed by atoms with van der Waals surface area (Å²) in [5, 5.41) is 5.00. The molecule has 9 heteroatoms. The van der Waals surface area contributed by atoms with Gasteiger partial charge in [0.2, 0.25) is 11.0 Å². The molecule has 0 saturated heterocycles. The average molecular weight is 357 g/mol. The van der Waals surface area contributed by atoms with Gasteiger partial charge in [-0.05, 0) is 30.3 Å². The molecule has 0 aliphatic heterocycles. The number of benzene rings is 1. The maximum atomic E-state index is 6.08. The monoisotopic (exact) mass is 356 g/mol. The lowest BCUT2D eigenvalue weighted by Gasteiger charge is -2.09. The molecule has 4 rings (SSSR count). The lowest BCUT2D eigenvalue weighted by molar-refractivity contribution is 0.464. The van der Waals surface area contributed by atoms with Gasteiger partial charge < -0.3 is 10.1 Å². The normalized spacial score (nSPS) is 10.7. The first-order valence-corrected chi connectivity index (χ1v) is 8.01. The second kappa shape index (κ2) is 6.34. The molecule has 118 valence electrons. The highest BCUT2D eigenvalue weighted by Gasteiger charge is 2.09. The van der Waals surface area contributed by atoms with Crippen LogP contribution in [0.15, 0.2) is 49.2 Å². The van der Waals surface area contributed by atoms with E-state index >= 15 is 0 Å². The number of nitrogens with zero attached hydrogens (tertiary/aromatic N) is 5. The predicted molar refractivity (Wildman–Crippen MR) is 92.1 cm³/mol. The van der Waals surface area contributed by atoms with E-state index in [4.69, 9.17) is 16.3 Å². The molecular weight excluding hydrogens is 348 g/mol. The molecule has 0 aliphatic carbocycles. The number of pyridine rings is 1. The van der Waals surface area contributed by atoms with Crippen molar-refractivity contribution in [3.05, 3.63) is 54.2 Å². The number of rotatable bonds is 4. The van der Waals surface area contributed by atoms with Crippen molar-refractivity contribution in [2.45, 2.75) is 0 Å². The smallest absolute Gasteiger partial charge is 0.238 e. The molecule has 3 aromatic heterocycles. The summed E-state index contributed by atoms with van der Waals surface area (Å²) in [6, 6.07) is 8.93. The van der Waals surface area contributed by atoms with Crippen LogP contribution in [0.5, 0.6) is 11.6 Å². The first kappa shape index (κ1) is 14.7. The molecular formula is C15H9ClN6OS. The number of ether oxygens (including phenoxy) is 1. The molecule has 24 heavy (non-hydrogen) atoms. The van der Waals surface area contributed by atoms with Gasteiger partial charge in [-0.25, -0.2) is 19.9 Å². The number of aromatic nitrogens is 5. The first-order chi connectivity index (χ1) is 11.8. The van der Waals surface area contributed by atoms with E-state index in [-0.39, 0.29) is 0 Å². The number of halogens is 1. The Morgan fingerprint density at radius 3 is 2.83 bits per heavy atom. The molecule has 0 spiro atoms. The second-order valence-corrected chi connectivity index (χ2v) is 5.85. The molecule has 0 saturated carbocycles. The van der Waals surface area contributed by atoms with Crippen molar-refractivity contribution in [1.29, 1.82) is 0 Å². The third-order valence-corrected chi connectivity index (χ3v) is 4.00. The summed E-state index contributed by atoms with van der Waals surface area (Å²) in [5.41, 5.74) is 0.775. The van der Waals surface area contributed by atoms with Gasteiger partial charge in [-0.1, -0.05) is 11.6 Å². The molecule has 4 aromatic rings. The minimum atomic E-state index is 0.342. The van der Waals surface area contributed by atoms with Crippen LogP contribution < -0.4 is 10.1 Å². The molecule has 0 radical (unpaired) electrons. The van der Waals surface area contributed by atoms with Gasteiger partial charge in [0.15, 0.2) is 0 Å². The summed E-state index contributed by atoms with van der Waals surface area (Å²) in [6.45, 7) is 0. The Bertz CT molecular complexity index is 994. The SMILES string of the molecule is Clc1cccnc1Oc1ccc2ncnc(Nc3ncns3)c2c1. The van der Waals surface area contributed by atoms with Crippen LogP contribution in [0.25, 0.3) is 10.9 Å². The fourth-order valence-corrected chi connectivity index (χ4v) is 2.68. The zero-order valence-electron chi connectivity index (χ0n) is 12.0. The van der Waals surface area contributed by atoms with Gasteiger partial charge in [0.05, 0.1) is 5.52 Å². The van der Waals surface area contributed by atoms with Gasteiger partial charge in [-0.15, -0.1) is 0 Å². The maximum Gasteiger partial charge on any atom is 0.238 e. The van der Waals surface area contributed by atoms with E-state index in [9.17, 15) is 0 Å². The Kier molecular flexibility index (Phi) is 3.89. The highest BCUT2D eigenvalue weighted by atomic mass is 35.5. The topological polar surface area (TPSA) is 85.7 Å². The van der Waals surface area contributed by atoms with E-state index in [1.54, 1.807) is 24.4 Å². The predicted octanol–water partition coefficient (Wildman–Crippen LogP) is 4.07. The fraction of sp³-hybridized carbons (Fsp3) is 0. The highest BCUT2D eigenvalue weighted by Crippen LogP contribution is 2.31. The summed E-state index contributed by atoms with van der Waals surface area (Å²) >= 11 is 7.32. The molecule has 0 amide bonds. The Morgan fingerprint density at radius 2 is 2.00 bits per heavy atom. The van der Waals surface area contributed by atoms with E-state index < -0.39 is 0 Å². The van der Waals surface area contributed by atoms with Crippen molar-refractivity contribution >= 4 is 45.0 Å². The average Bonchev–Trinajstić information content (AvgIpc) is 3.11. The molecule has 1 N–H and O–H groups in total. The van der Waals surface area contributed by atoms with Crippen molar-refractivity contribution in [1.82, 2.24) is 24.3 Å². The summed E-state index contributed by atoms with van der Waals surface area (Å²) < 4.78 is 9.71. The van der Waals surface area contributed by atoms with Gasteiger partial charge in [0.1, 0.15) is 29.2 Å². The van der Waals surface area contributed by atoms with Crippen LogP contribution in [0.2, 0.25) is 5.02 Å². The summed E-state index contributed by atoms with van der Waals surface area (Å²) in [6.07, 6.45) is 4.59. The molecule has 0 unspecified atom stereocenters. The number of nitrogens with one attached hydrogen (secondary N) is 1. The molecule has 1 aromatic carbocycles. The van der Waals surface area contributed by atoms with Crippen molar-refractivity contribution in [3.63, 3.8) is 0 Å². The lowest BCUT2D eigenvalue weighted by atomic mass is 10.2. The van der Waals surface area contributed by atoms with Crippen LogP contribution in [0.4, 0.5) is 10.9 Å². The highest BCUT2D eigenvalue weighted by molar-refractivity contribution is 7.09. The summed E-state index contributed by atoms with van der Waals surface area (Å²) in [7, 11) is 0. The molecule has 7 nitrogen and oxygen atoms in total. The zero-order valence-corrected chi connectivity index (χ0v) is 13.6. The Morgan fingerprint density at radius 1 is 1.04 bits per heavy atom. The Hall–Kier alpha value is -2.84. The van der Waals surface area contributed by atoms with Crippen LogP contribution in [-0.2, 0) is 0 Å². The van der Waals surface area contributed by atoms with E-state index in [2.05, 4.69) is 29.6 Å². The first-order valence-electron chi connectivity index (χ1n) is 6.86. The number of fused-ring (bicyclic) bond motifs is 1. The van der Waals surface area contributed by atoms with Crippen molar-refractivity contribution in [3.8, 4) is 11.6 Å². The number of hydrogen-bond acceptors (Lipinski definition) is 8. The summed E-state index contributed by atoms with van der Waals surface area (Å²) in [5.74, 6) is 1.54. The third kappa shape index (κ3) is 2.97. The fourth-order valence-electron chi connectivity index (χ4n) is 2.09. The van der Waals surface area contributed by atoms with E-state index in [0.717, 1.165) is 10.9 Å². The van der Waals surface area contributed by atoms with Crippen molar-refractivity contribution in [2.75, 3.05) is 5.32 Å². The number of hydrogen-bond donors (Lipinski definition) is 1. The third-order valence-electron chi connectivity index (χ3n) is 3.13. The van der Waals surface area contributed by atoms with Crippen LogP contribution in [0.1, 0.15) is 0 Å². The van der Waals surface area contributed by atoms with Crippen molar-refractivity contribution < 1.29 is 4.74 Å². The van der Waals surface area contributed by atoms with Gasteiger partial charge >= 0.3 is 0 Å². The molecule has 0 atom stereocenters. The number of anilines is 2. The minimum absolute atomic E-state index is 0.342. The Balaban J connectivity index is 1.72. The standard InChI is InChI=1S/C15H9ClN6OS/c16-11-2-1-5-17-14(11)23-9-3-4-12-10(6-9)13(19-7-18-12)22-15-20-8-21-24-15/h1-8H,(H,18,19,20,21,22). The van der Waals surface area contributed by atoms with Crippen LogP contribution in [-0.4, -0.2) is 24.3 Å². The summed E-state index contributed by atoms with van der Waals surface area (Å²) in [4.78, 5) is 16.7. The molecule has 0 fully saturated rings. The van der Waals surface area contributed by atoms with Gasteiger partial charge in [-0.3, -0.25) is 0 Å². The van der Waals surface area contributed by atoms with Gasteiger partial charge in [0.25, 0.3) is 0 Å². The molecule has 0 bridgehead atoms. The zero-order chi connectivity index (χ0) is 16.4. The second-order valence-electron chi connectivity index (χ2n) is 4.67. The Labute approximate surface area is 145 Å². The van der Waals surface area contributed by atoms with Gasteiger partial charge in [-0.2, -0.15) is 4.37 Å². The van der Waals surface area contributed by atoms with E-state index in [1.807, 2.05) is 12.1 Å². The lowest BCUT2D eigenvalue weighted by Crippen LogP contribution is -1.96. The van der Waals surface area contributed by atoms with Crippen LogP contribution >= 0.6 is 23.1 Å².